The van der Waals surface area contributed by atoms with Crippen molar-refractivity contribution in [2.45, 2.75) is 26.3 Å². The third kappa shape index (κ3) is 3.85. The molecule has 0 aliphatic rings. The van der Waals surface area contributed by atoms with E-state index in [2.05, 4.69) is 80.6 Å². The van der Waals surface area contributed by atoms with E-state index in [1.54, 1.807) is 0 Å². The second-order valence-corrected chi connectivity index (χ2v) is 5.96. The van der Waals surface area contributed by atoms with Crippen molar-refractivity contribution in [2.24, 2.45) is 0 Å². The summed E-state index contributed by atoms with van der Waals surface area (Å²) in [6, 6.07) is 15.9. The number of aryl methyl sites for hydroxylation is 2. The van der Waals surface area contributed by atoms with Gasteiger partial charge in [0.1, 0.15) is 0 Å². The molecular weight excluding hydrogens is 256 g/mol. The first kappa shape index (κ1) is 15.6. The molecule has 0 amide bonds. The highest BCUT2D eigenvalue weighted by atomic mass is 15.1. The summed E-state index contributed by atoms with van der Waals surface area (Å²) in [5.74, 6) is 0. The zero-order valence-corrected chi connectivity index (χ0v) is 13.8. The predicted molar refractivity (Wildman–Crippen MR) is 92.2 cm³/mol. The molecule has 2 nitrogen and oxygen atoms in total. The van der Waals surface area contributed by atoms with Crippen LogP contribution in [-0.2, 0) is 6.42 Å². The lowest BCUT2D eigenvalue weighted by molar-refractivity contribution is 0.590. The minimum Gasteiger partial charge on any atom is -0.378 e. The largest absolute Gasteiger partial charge is 0.378 e. The molecule has 0 saturated carbocycles. The van der Waals surface area contributed by atoms with Gasteiger partial charge in [-0.3, -0.25) is 0 Å². The number of anilines is 1. The fourth-order valence-electron chi connectivity index (χ4n) is 2.63. The van der Waals surface area contributed by atoms with E-state index in [0.717, 1.165) is 6.42 Å². The summed E-state index contributed by atoms with van der Waals surface area (Å²) in [7, 11) is 6.18. The third-order valence-corrected chi connectivity index (χ3v) is 4.09. The Morgan fingerprint density at radius 3 is 2.24 bits per heavy atom. The van der Waals surface area contributed by atoms with Crippen LogP contribution in [-0.4, -0.2) is 21.1 Å². The first-order chi connectivity index (χ1) is 10.0. The first-order valence-electron chi connectivity index (χ1n) is 7.52. The van der Waals surface area contributed by atoms with Crippen LogP contribution in [0.1, 0.15) is 28.3 Å². The highest BCUT2D eigenvalue weighted by Gasteiger charge is 2.12. The van der Waals surface area contributed by atoms with Crippen molar-refractivity contribution in [3.05, 3.63) is 64.7 Å². The van der Waals surface area contributed by atoms with E-state index >= 15 is 0 Å². The highest BCUT2D eigenvalue weighted by molar-refractivity contribution is 5.46. The molecule has 0 aliphatic carbocycles. The summed E-state index contributed by atoms with van der Waals surface area (Å²) in [5, 5.41) is 3.45. The topological polar surface area (TPSA) is 15.3 Å². The number of hydrogen-bond donors (Lipinski definition) is 1. The van der Waals surface area contributed by atoms with Gasteiger partial charge in [0.2, 0.25) is 0 Å². The number of nitrogens with zero attached hydrogens (tertiary/aromatic N) is 1. The molecule has 0 bridgehead atoms. The van der Waals surface area contributed by atoms with Crippen molar-refractivity contribution in [1.29, 1.82) is 0 Å². The van der Waals surface area contributed by atoms with Gasteiger partial charge in [0.05, 0.1) is 0 Å². The number of rotatable bonds is 5. The van der Waals surface area contributed by atoms with Gasteiger partial charge in [-0.05, 0) is 56.1 Å². The van der Waals surface area contributed by atoms with E-state index in [0.29, 0.717) is 6.04 Å². The molecule has 0 saturated heterocycles. The van der Waals surface area contributed by atoms with Gasteiger partial charge in [-0.1, -0.05) is 35.9 Å². The Balaban J connectivity index is 2.21. The SMILES string of the molecule is CNC(Cc1cc(C)ccc1C)c1ccc(N(C)C)cc1. The van der Waals surface area contributed by atoms with Crippen LogP contribution in [0.3, 0.4) is 0 Å². The van der Waals surface area contributed by atoms with Crippen molar-refractivity contribution < 1.29 is 0 Å². The Labute approximate surface area is 128 Å². The predicted octanol–water partition coefficient (Wildman–Crippen LogP) is 3.87. The van der Waals surface area contributed by atoms with E-state index in [1.165, 1.54) is 27.9 Å². The lowest BCUT2D eigenvalue weighted by Crippen LogP contribution is -2.19. The molecular formula is C19H26N2. The van der Waals surface area contributed by atoms with Gasteiger partial charge in [-0.2, -0.15) is 0 Å². The number of likely N-dealkylation sites (N-methyl/N-ethyl adjacent to an activating group) is 1. The summed E-state index contributed by atoms with van der Waals surface area (Å²) in [6.07, 6.45) is 1.02. The van der Waals surface area contributed by atoms with Crippen molar-refractivity contribution in [3.63, 3.8) is 0 Å². The molecule has 0 aliphatic heterocycles. The Kier molecular flexibility index (Phi) is 5.03. The van der Waals surface area contributed by atoms with Gasteiger partial charge in [0.15, 0.2) is 0 Å². The zero-order chi connectivity index (χ0) is 15.4. The smallest absolute Gasteiger partial charge is 0.0361 e. The molecule has 112 valence electrons. The number of nitrogens with one attached hydrogen (secondary N) is 1. The van der Waals surface area contributed by atoms with Crippen LogP contribution in [0.2, 0.25) is 0 Å². The molecule has 1 unspecified atom stereocenters. The Hall–Kier alpha value is -1.80. The lowest BCUT2D eigenvalue weighted by atomic mass is 9.95. The summed E-state index contributed by atoms with van der Waals surface area (Å²) in [5.41, 5.74) is 6.69. The van der Waals surface area contributed by atoms with Crippen LogP contribution < -0.4 is 10.2 Å². The molecule has 0 fully saturated rings. The molecule has 0 spiro atoms. The average Bonchev–Trinajstić information content (AvgIpc) is 2.48. The third-order valence-electron chi connectivity index (χ3n) is 4.09. The molecule has 2 aromatic rings. The minimum absolute atomic E-state index is 0.349. The molecule has 1 atom stereocenters. The molecule has 0 heterocycles. The van der Waals surface area contributed by atoms with Gasteiger partial charge in [0, 0.05) is 25.8 Å². The maximum absolute atomic E-state index is 3.45. The summed E-state index contributed by atoms with van der Waals surface area (Å²) < 4.78 is 0. The van der Waals surface area contributed by atoms with Crippen LogP contribution in [0.25, 0.3) is 0 Å². The lowest BCUT2D eigenvalue weighted by Gasteiger charge is -2.20. The molecule has 0 radical (unpaired) electrons. The average molecular weight is 282 g/mol. The van der Waals surface area contributed by atoms with E-state index < -0.39 is 0 Å². The van der Waals surface area contributed by atoms with Crippen molar-refractivity contribution in [1.82, 2.24) is 5.32 Å². The number of hydrogen-bond acceptors (Lipinski definition) is 2. The Morgan fingerprint density at radius 2 is 1.67 bits per heavy atom. The monoisotopic (exact) mass is 282 g/mol. The normalized spacial score (nSPS) is 12.2. The van der Waals surface area contributed by atoms with Crippen LogP contribution >= 0.6 is 0 Å². The van der Waals surface area contributed by atoms with Gasteiger partial charge in [0.25, 0.3) is 0 Å². The first-order valence-corrected chi connectivity index (χ1v) is 7.52. The van der Waals surface area contributed by atoms with E-state index in [4.69, 9.17) is 0 Å². The van der Waals surface area contributed by atoms with Crippen LogP contribution in [0.4, 0.5) is 5.69 Å². The van der Waals surface area contributed by atoms with Gasteiger partial charge in [-0.15, -0.1) is 0 Å². The van der Waals surface area contributed by atoms with E-state index in [9.17, 15) is 0 Å². The maximum atomic E-state index is 3.45. The van der Waals surface area contributed by atoms with Crippen LogP contribution in [0.5, 0.6) is 0 Å². The minimum atomic E-state index is 0.349. The molecule has 2 aromatic carbocycles. The second-order valence-electron chi connectivity index (χ2n) is 5.96. The zero-order valence-electron chi connectivity index (χ0n) is 13.8. The molecule has 1 N–H and O–H groups in total. The summed E-state index contributed by atoms with van der Waals surface area (Å²) in [6.45, 7) is 4.35. The van der Waals surface area contributed by atoms with Gasteiger partial charge < -0.3 is 10.2 Å². The fraction of sp³-hybridized carbons (Fsp3) is 0.368. The Morgan fingerprint density at radius 1 is 1.00 bits per heavy atom. The molecule has 21 heavy (non-hydrogen) atoms. The summed E-state index contributed by atoms with van der Waals surface area (Å²) in [4.78, 5) is 2.13. The quantitative estimate of drug-likeness (QED) is 0.895. The maximum Gasteiger partial charge on any atom is 0.0361 e. The van der Waals surface area contributed by atoms with Gasteiger partial charge >= 0.3 is 0 Å². The molecule has 2 rings (SSSR count). The van der Waals surface area contributed by atoms with Crippen molar-refractivity contribution >= 4 is 5.69 Å². The van der Waals surface area contributed by atoms with Gasteiger partial charge in [-0.25, -0.2) is 0 Å². The second kappa shape index (κ2) is 6.77. The molecule has 0 aromatic heterocycles. The van der Waals surface area contributed by atoms with E-state index in [1.807, 2.05) is 7.05 Å². The van der Waals surface area contributed by atoms with Crippen LogP contribution in [0, 0.1) is 13.8 Å². The van der Waals surface area contributed by atoms with Crippen molar-refractivity contribution in [3.8, 4) is 0 Å². The highest BCUT2D eigenvalue weighted by Crippen LogP contribution is 2.23. The van der Waals surface area contributed by atoms with Crippen molar-refractivity contribution in [2.75, 3.05) is 26.0 Å². The Bertz CT molecular complexity index is 585. The fourth-order valence-corrected chi connectivity index (χ4v) is 2.63. The molecule has 2 heteroatoms. The number of benzene rings is 2. The standard InChI is InChI=1S/C19H26N2/c1-14-6-7-15(2)17(12-14)13-19(20-3)16-8-10-18(11-9-16)21(4)5/h6-12,19-20H,13H2,1-5H3. The van der Waals surface area contributed by atoms with E-state index in [-0.39, 0.29) is 0 Å². The van der Waals surface area contributed by atoms with Crippen LogP contribution in [0.15, 0.2) is 42.5 Å². The summed E-state index contributed by atoms with van der Waals surface area (Å²) >= 11 is 0.